The summed E-state index contributed by atoms with van der Waals surface area (Å²) >= 11 is 0. The van der Waals surface area contributed by atoms with Gasteiger partial charge in [-0.05, 0) is 71.6 Å². The van der Waals surface area contributed by atoms with Crippen LogP contribution in [0.1, 0.15) is 92.1 Å². The number of hydrogen-bond acceptors (Lipinski definition) is 8. The van der Waals surface area contributed by atoms with Crippen LogP contribution < -0.4 is 9.47 Å². The Balaban J connectivity index is 1.55. The fourth-order valence-corrected chi connectivity index (χ4v) is 9.05. The smallest absolute Gasteiger partial charge is 0.332 e. The molecule has 264 valence electrons. The number of esters is 1. The van der Waals surface area contributed by atoms with Crippen molar-refractivity contribution < 1.29 is 42.9 Å². The maximum Gasteiger partial charge on any atom is 0.332 e. The molecule has 1 saturated carbocycles. The maximum absolute atomic E-state index is 14.5. The van der Waals surface area contributed by atoms with Crippen molar-refractivity contribution in [2.45, 2.75) is 110 Å². The third-order valence-corrected chi connectivity index (χ3v) is 12.6. The first-order valence-electron chi connectivity index (χ1n) is 17.1. The van der Waals surface area contributed by atoms with E-state index in [1.54, 1.807) is 13.3 Å². The van der Waals surface area contributed by atoms with Gasteiger partial charge in [0.15, 0.2) is 5.78 Å². The first-order valence-corrected chi connectivity index (χ1v) is 18.7. The zero-order chi connectivity index (χ0) is 35.2. The summed E-state index contributed by atoms with van der Waals surface area (Å²) in [6, 6.07) is 4.88. The van der Waals surface area contributed by atoms with Crippen molar-refractivity contribution in [3.8, 4) is 11.6 Å². The van der Waals surface area contributed by atoms with E-state index in [0.29, 0.717) is 12.3 Å². The highest BCUT2D eigenvalue weighted by atomic mass is 31.2. The van der Waals surface area contributed by atoms with Gasteiger partial charge in [0.25, 0.3) is 0 Å². The van der Waals surface area contributed by atoms with Gasteiger partial charge in [-0.25, -0.2) is 4.98 Å². The molecule has 2 aliphatic heterocycles. The fraction of sp³-hybridized carbons (Fsp3) is 0.667. The van der Waals surface area contributed by atoms with E-state index in [-0.39, 0.29) is 56.1 Å². The number of benzene rings is 1. The molecule has 5 rings (SSSR count). The lowest BCUT2D eigenvalue weighted by molar-refractivity contribution is -0.155. The molecular formula is C36H51N2O9P. The van der Waals surface area contributed by atoms with E-state index in [0.717, 1.165) is 41.3 Å². The van der Waals surface area contributed by atoms with Crippen LogP contribution in [0.15, 0.2) is 24.4 Å². The van der Waals surface area contributed by atoms with Gasteiger partial charge in [0.2, 0.25) is 11.8 Å². The predicted molar refractivity (Wildman–Crippen MR) is 181 cm³/mol. The van der Waals surface area contributed by atoms with E-state index in [1.807, 2.05) is 59.7 Å². The van der Waals surface area contributed by atoms with Gasteiger partial charge < -0.3 is 28.9 Å². The molecule has 1 aliphatic carbocycles. The number of cyclic esters (lactones) is 1. The molecule has 0 spiro atoms. The van der Waals surface area contributed by atoms with Gasteiger partial charge in [-0.3, -0.25) is 18.9 Å². The number of aromatic nitrogens is 1. The molecule has 12 heteroatoms. The average Bonchev–Trinajstić information content (AvgIpc) is 3.58. The van der Waals surface area contributed by atoms with Crippen molar-refractivity contribution in [2.24, 2.45) is 22.7 Å². The molecule has 2 aromatic rings. The highest BCUT2D eigenvalue weighted by molar-refractivity contribution is 7.54. The molecule has 3 aliphatic rings. The Hall–Kier alpha value is -3.01. The number of pyridine rings is 1. The second kappa shape index (κ2) is 13.4. The summed E-state index contributed by atoms with van der Waals surface area (Å²) in [6.07, 6.45) is 3.81. The number of carbonyl (C=O) groups is 3. The van der Waals surface area contributed by atoms with Crippen LogP contribution in [-0.2, 0) is 30.1 Å². The number of fused-ring (bicyclic) bond motifs is 3. The molecule has 2 fully saturated rings. The second-order valence-corrected chi connectivity index (χ2v) is 17.9. The Morgan fingerprint density at radius 1 is 1.21 bits per heavy atom. The first kappa shape index (κ1) is 36.3. The Morgan fingerprint density at radius 2 is 1.94 bits per heavy atom. The monoisotopic (exact) mass is 686 g/mol. The molecule has 2 N–H and O–H groups in total. The van der Waals surface area contributed by atoms with Gasteiger partial charge in [0.1, 0.15) is 11.9 Å². The molecule has 3 heterocycles. The Morgan fingerprint density at radius 3 is 2.56 bits per heavy atom. The van der Waals surface area contributed by atoms with Crippen molar-refractivity contribution in [2.75, 3.05) is 20.3 Å². The van der Waals surface area contributed by atoms with Gasteiger partial charge in [0.05, 0.1) is 43.8 Å². The number of aryl methyl sites for hydroxylation is 1. The molecule has 4 bridgehead atoms. The van der Waals surface area contributed by atoms with Crippen LogP contribution in [0.25, 0.3) is 10.8 Å². The maximum atomic E-state index is 14.5. The zero-order valence-electron chi connectivity index (χ0n) is 29.3. The number of ketones is 1. The summed E-state index contributed by atoms with van der Waals surface area (Å²) in [5.41, 5.74) is 0.0251. The summed E-state index contributed by atoms with van der Waals surface area (Å²) in [5.74, 6) is -1.22. The normalized spacial score (nSPS) is 28.4. The Bertz CT molecular complexity index is 1610. The Kier molecular flexibility index (Phi) is 10.1. The molecule has 2 unspecified atom stereocenters. The number of Topliss-reactive ketones (excluding diaryl/α,β-unsaturated/α-hetero) is 1. The summed E-state index contributed by atoms with van der Waals surface area (Å²) < 4.78 is 30.7. The van der Waals surface area contributed by atoms with Crippen LogP contribution in [-0.4, -0.2) is 74.9 Å². The van der Waals surface area contributed by atoms with Crippen molar-refractivity contribution >= 4 is 36.0 Å². The van der Waals surface area contributed by atoms with Crippen LogP contribution in [0.2, 0.25) is 0 Å². The third-order valence-electron chi connectivity index (χ3n) is 10.7. The van der Waals surface area contributed by atoms with Crippen LogP contribution >= 0.6 is 7.60 Å². The lowest BCUT2D eigenvalue weighted by atomic mass is 9.77. The van der Waals surface area contributed by atoms with E-state index in [4.69, 9.17) is 14.2 Å². The van der Waals surface area contributed by atoms with Gasteiger partial charge in [0, 0.05) is 24.4 Å². The summed E-state index contributed by atoms with van der Waals surface area (Å²) in [7, 11) is -2.96. The molecule has 1 aromatic heterocycles. The standard InChI is InChI=1S/C36H51N2O9P/c1-8-24-18-36(24,48(42,43)44)19-29(39)28-16-25-20-38(28)33(41)27(34(2,3)4)17-31(40)46-21-35(5,6)12-9-10-23-14-26-22(15-30(23)45-7)11-13-37-32(26)47-25/h11,13-15,24-25,27-28H,8-10,12,16-21H2,1-7H3,(H2,42,43,44)/t24?,25-,27-,28+,36?/m1/s1. The highest BCUT2D eigenvalue weighted by Gasteiger charge is 2.66. The third kappa shape index (κ3) is 7.43. The highest BCUT2D eigenvalue weighted by Crippen LogP contribution is 2.71. The number of rotatable bonds is 6. The molecule has 48 heavy (non-hydrogen) atoms. The number of carbonyl (C=O) groups excluding carboxylic acids is 3. The lowest BCUT2D eigenvalue weighted by Gasteiger charge is -2.35. The minimum absolute atomic E-state index is 0.0606. The zero-order valence-corrected chi connectivity index (χ0v) is 30.2. The quantitative estimate of drug-likeness (QED) is 0.279. The minimum atomic E-state index is -4.60. The molecular weight excluding hydrogens is 635 g/mol. The van der Waals surface area contributed by atoms with E-state index >= 15 is 0 Å². The molecule has 1 saturated heterocycles. The van der Waals surface area contributed by atoms with Gasteiger partial charge in [-0.15, -0.1) is 0 Å². The number of amides is 1. The van der Waals surface area contributed by atoms with E-state index in [2.05, 4.69) is 4.98 Å². The molecule has 0 radical (unpaired) electrons. The summed E-state index contributed by atoms with van der Waals surface area (Å²) in [6.45, 7) is 11.8. The van der Waals surface area contributed by atoms with Gasteiger partial charge in [-0.2, -0.15) is 0 Å². The number of nitrogens with zero attached hydrogens (tertiary/aromatic N) is 2. The van der Waals surface area contributed by atoms with Crippen LogP contribution in [0.4, 0.5) is 0 Å². The van der Waals surface area contributed by atoms with E-state index in [1.165, 1.54) is 4.90 Å². The van der Waals surface area contributed by atoms with Crippen LogP contribution in [0, 0.1) is 22.7 Å². The predicted octanol–water partition coefficient (Wildman–Crippen LogP) is 5.86. The molecule has 1 aromatic carbocycles. The van der Waals surface area contributed by atoms with Crippen molar-refractivity contribution in [3.63, 3.8) is 0 Å². The summed E-state index contributed by atoms with van der Waals surface area (Å²) in [5, 5.41) is 0.245. The van der Waals surface area contributed by atoms with E-state index in [9.17, 15) is 28.7 Å². The second-order valence-electron chi connectivity index (χ2n) is 15.9. The number of methoxy groups -OCH3 is 1. The molecule has 11 nitrogen and oxygen atoms in total. The molecule has 5 atom stereocenters. The van der Waals surface area contributed by atoms with Crippen molar-refractivity contribution in [1.29, 1.82) is 0 Å². The minimum Gasteiger partial charge on any atom is -0.496 e. The molecule has 1 amide bonds. The van der Waals surface area contributed by atoms with Crippen molar-refractivity contribution in [3.05, 3.63) is 30.0 Å². The topological polar surface area (TPSA) is 153 Å². The largest absolute Gasteiger partial charge is 0.496 e. The van der Waals surface area contributed by atoms with Crippen molar-refractivity contribution in [1.82, 2.24) is 9.88 Å². The lowest BCUT2D eigenvalue weighted by Crippen LogP contribution is -2.48. The number of ether oxygens (including phenoxy) is 3. The Labute approximate surface area is 283 Å². The van der Waals surface area contributed by atoms with Gasteiger partial charge in [-0.1, -0.05) is 48.0 Å². The van der Waals surface area contributed by atoms with Crippen LogP contribution in [0.5, 0.6) is 11.6 Å². The van der Waals surface area contributed by atoms with Crippen LogP contribution in [0.3, 0.4) is 0 Å². The average molecular weight is 687 g/mol. The number of hydrogen-bond donors (Lipinski definition) is 2. The first-order chi connectivity index (χ1) is 22.4. The SMILES string of the molecule is CCC1CC1(CC(=O)[C@@H]1C[C@@H]2CN1C(=O)[C@H](C(C)(C)C)CC(=O)OCC(C)(C)CCCc1cc3c(nccc3cc1OC)O2)P(=O)(O)O. The summed E-state index contributed by atoms with van der Waals surface area (Å²) in [4.78, 5) is 68.4. The van der Waals surface area contributed by atoms with E-state index < -0.39 is 48.0 Å². The van der Waals surface area contributed by atoms with Gasteiger partial charge >= 0.3 is 13.6 Å². The fourth-order valence-electron chi connectivity index (χ4n) is 7.57.